The van der Waals surface area contributed by atoms with Crippen LogP contribution in [0.1, 0.15) is 68.9 Å². The number of aliphatic hydroxyl groups is 1. The Labute approximate surface area is 149 Å². The van der Waals surface area contributed by atoms with Crippen LogP contribution in [0.15, 0.2) is 0 Å². The van der Waals surface area contributed by atoms with Crippen LogP contribution >= 0.6 is 0 Å². The lowest BCUT2D eigenvalue weighted by Crippen LogP contribution is -2.46. The minimum absolute atomic E-state index is 0.120. The molecule has 0 atom stereocenters. The van der Waals surface area contributed by atoms with Crippen LogP contribution in [-0.2, 0) is 22.7 Å². The number of rotatable bonds is 7. The molecule has 3 rings (SSSR count). The number of nitrogens with zero attached hydrogens (tertiary/aromatic N) is 3. The van der Waals surface area contributed by atoms with E-state index in [2.05, 4.69) is 15.5 Å². The second-order valence-electron chi connectivity index (χ2n) is 7.34. The highest BCUT2D eigenvalue weighted by atomic mass is 16.5. The summed E-state index contributed by atoms with van der Waals surface area (Å²) in [4.78, 5) is 12.5. The van der Waals surface area contributed by atoms with Crippen molar-refractivity contribution in [2.45, 2.75) is 76.5 Å². The Bertz CT molecular complexity index is 561. The van der Waals surface area contributed by atoms with E-state index in [1.807, 2.05) is 4.57 Å². The first-order valence-electron chi connectivity index (χ1n) is 9.55. The number of hydrogen-bond donors (Lipinski definition) is 2. The zero-order valence-corrected chi connectivity index (χ0v) is 15.1. The van der Waals surface area contributed by atoms with E-state index in [1.165, 1.54) is 25.7 Å². The van der Waals surface area contributed by atoms with Gasteiger partial charge in [0.15, 0.2) is 5.82 Å². The van der Waals surface area contributed by atoms with Crippen LogP contribution in [-0.4, -0.2) is 45.5 Å². The van der Waals surface area contributed by atoms with Crippen molar-refractivity contribution in [3.8, 4) is 0 Å². The highest BCUT2D eigenvalue weighted by Crippen LogP contribution is 2.36. The molecular formula is C18H30N4O3. The van der Waals surface area contributed by atoms with E-state index in [0.29, 0.717) is 24.9 Å². The van der Waals surface area contributed by atoms with Crippen molar-refractivity contribution in [3.05, 3.63) is 11.6 Å². The molecule has 0 radical (unpaired) electrons. The standard InChI is InChI=1S/C18H30N4O3/c1-25-9-8-22-16(12-23)20-21-17(22)14-10-15(11-14)19-18(24)13-6-4-2-3-5-7-13/h13-15,23H,2-12H2,1H3,(H,19,24). The molecule has 0 bridgehead atoms. The van der Waals surface area contributed by atoms with Gasteiger partial charge in [-0.25, -0.2) is 0 Å². The third-order valence-corrected chi connectivity index (χ3v) is 5.59. The summed E-state index contributed by atoms with van der Waals surface area (Å²) in [5.41, 5.74) is 0. The van der Waals surface area contributed by atoms with Crippen LogP contribution in [0.3, 0.4) is 0 Å². The number of aromatic nitrogens is 3. The number of aliphatic hydroxyl groups excluding tert-OH is 1. The van der Waals surface area contributed by atoms with Crippen molar-refractivity contribution in [3.63, 3.8) is 0 Å². The molecule has 0 aromatic carbocycles. The molecular weight excluding hydrogens is 320 g/mol. The van der Waals surface area contributed by atoms with Gasteiger partial charge >= 0.3 is 0 Å². The first kappa shape index (κ1) is 18.3. The normalized spacial score (nSPS) is 24.6. The second kappa shape index (κ2) is 8.76. The van der Waals surface area contributed by atoms with Crippen molar-refractivity contribution >= 4 is 5.91 Å². The fourth-order valence-corrected chi connectivity index (χ4v) is 4.00. The molecule has 1 amide bonds. The molecule has 7 heteroatoms. The van der Waals surface area contributed by atoms with Gasteiger partial charge in [0, 0.05) is 31.5 Å². The third-order valence-electron chi connectivity index (χ3n) is 5.59. The summed E-state index contributed by atoms with van der Waals surface area (Å²) in [6.45, 7) is 1.09. The van der Waals surface area contributed by atoms with Crippen LogP contribution in [0.2, 0.25) is 0 Å². The Balaban J connectivity index is 1.52. The van der Waals surface area contributed by atoms with E-state index in [9.17, 15) is 9.90 Å². The van der Waals surface area contributed by atoms with E-state index in [4.69, 9.17) is 4.74 Å². The average Bonchev–Trinajstić information content (AvgIpc) is 2.79. The van der Waals surface area contributed by atoms with Gasteiger partial charge < -0.3 is 19.7 Å². The second-order valence-corrected chi connectivity index (χ2v) is 7.34. The molecule has 7 nitrogen and oxygen atoms in total. The molecule has 0 saturated heterocycles. The Morgan fingerprint density at radius 1 is 1.24 bits per heavy atom. The van der Waals surface area contributed by atoms with Gasteiger partial charge in [-0.1, -0.05) is 25.7 Å². The Kier molecular flexibility index (Phi) is 6.42. The van der Waals surface area contributed by atoms with Crippen LogP contribution in [0, 0.1) is 5.92 Å². The maximum atomic E-state index is 12.5. The molecule has 25 heavy (non-hydrogen) atoms. The molecule has 0 aliphatic heterocycles. The molecule has 0 unspecified atom stereocenters. The monoisotopic (exact) mass is 350 g/mol. The minimum Gasteiger partial charge on any atom is -0.388 e. The fourth-order valence-electron chi connectivity index (χ4n) is 4.00. The summed E-state index contributed by atoms with van der Waals surface area (Å²) in [6.07, 6.45) is 8.75. The van der Waals surface area contributed by atoms with Crippen LogP contribution in [0.5, 0.6) is 0 Å². The Morgan fingerprint density at radius 2 is 1.96 bits per heavy atom. The van der Waals surface area contributed by atoms with Gasteiger partial charge in [-0.3, -0.25) is 4.79 Å². The zero-order valence-electron chi connectivity index (χ0n) is 15.1. The number of nitrogens with one attached hydrogen (secondary N) is 1. The zero-order chi connectivity index (χ0) is 17.6. The largest absolute Gasteiger partial charge is 0.388 e. The third kappa shape index (κ3) is 4.39. The lowest BCUT2D eigenvalue weighted by molar-refractivity contribution is -0.126. The van der Waals surface area contributed by atoms with E-state index >= 15 is 0 Å². The number of ether oxygens (including phenoxy) is 1. The summed E-state index contributed by atoms with van der Waals surface area (Å²) < 4.78 is 7.09. The van der Waals surface area contributed by atoms with Gasteiger partial charge in [0.2, 0.25) is 5.91 Å². The van der Waals surface area contributed by atoms with Crippen LogP contribution in [0.25, 0.3) is 0 Å². The summed E-state index contributed by atoms with van der Waals surface area (Å²) in [7, 11) is 1.66. The van der Waals surface area contributed by atoms with E-state index in [1.54, 1.807) is 7.11 Å². The molecule has 2 N–H and O–H groups in total. The van der Waals surface area contributed by atoms with Gasteiger partial charge in [0.1, 0.15) is 12.4 Å². The average molecular weight is 350 g/mol. The van der Waals surface area contributed by atoms with Crippen molar-refractivity contribution in [1.29, 1.82) is 0 Å². The van der Waals surface area contributed by atoms with Crippen LogP contribution in [0.4, 0.5) is 0 Å². The predicted octanol–water partition coefficient (Wildman–Crippen LogP) is 1.75. The molecule has 140 valence electrons. The Morgan fingerprint density at radius 3 is 2.60 bits per heavy atom. The molecule has 0 spiro atoms. The topological polar surface area (TPSA) is 89.3 Å². The lowest BCUT2D eigenvalue weighted by Gasteiger charge is -2.36. The highest BCUT2D eigenvalue weighted by molar-refractivity contribution is 5.79. The predicted molar refractivity (Wildman–Crippen MR) is 92.9 cm³/mol. The highest BCUT2D eigenvalue weighted by Gasteiger charge is 2.36. The first-order valence-corrected chi connectivity index (χ1v) is 9.55. The first-order chi connectivity index (χ1) is 12.2. The summed E-state index contributed by atoms with van der Waals surface area (Å²) >= 11 is 0. The maximum Gasteiger partial charge on any atom is 0.223 e. The van der Waals surface area contributed by atoms with Gasteiger partial charge in [-0.2, -0.15) is 0 Å². The summed E-state index contributed by atoms with van der Waals surface area (Å²) in [6, 6.07) is 0.242. The maximum absolute atomic E-state index is 12.5. The van der Waals surface area contributed by atoms with E-state index in [-0.39, 0.29) is 24.5 Å². The van der Waals surface area contributed by atoms with Crippen molar-refractivity contribution in [2.75, 3.05) is 13.7 Å². The molecule has 2 saturated carbocycles. The number of amides is 1. The number of carbonyl (C=O) groups excluding carboxylic acids is 1. The van der Waals surface area contributed by atoms with Crippen molar-refractivity contribution < 1.29 is 14.6 Å². The molecule has 2 aliphatic carbocycles. The smallest absolute Gasteiger partial charge is 0.223 e. The van der Waals surface area contributed by atoms with Gasteiger partial charge in [-0.05, 0) is 25.7 Å². The van der Waals surface area contributed by atoms with Crippen molar-refractivity contribution in [2.24, 2.45) is 5.92 Å². The SMILES string of the molecule is COCCn1c(CO)nnc1C1CC(NC(=O)C2CCCCCC2)C1. The number of hydrogen-bond acceptors (Lipinski definition) is 5. The molecule has 2 fully saturated rings. The Hall–Kier alpha value is -1.47. The van der Waals surface area contributed by atoms with Gasteiger partial charge in [0.25, 0.3) is 0 Å². The molecule has 1 heterocycles. The summed E-state index contributed by atoms with van der Waals surface area (Å²) in [5, 5.41) is 21.0. The van der Waals surface area contributed by atoms with Crippen molar-refractivity contribution in [1.82, 2.24) is 20.1 Å². The van der Waals surface area contributed by atoms with E-state index in [0.717, 1.165) is 31.5 Å². The summed E-state index contributed by atoms with van der Waals surface area (Å²) in [5.74, 6) is 2.22. The van der Waals surface area contributed by atoms with Gasteiger partial charge in [0.05, 0.1) is 6.61 Å². The minimum atomic E-state index is -0.120. The van der Waals surface area contributed by atoms with E-state index < -0.39 is 0 Å². The number of carbonyl (C=O) groups is 1. The molecule has 2 aliphatic rings. The molecule has 1 aromatic heterocycles. The lowest BCUT2D eigenvalue weighted by atomic mass is 9.79. The number of methoxy groups -OCH3 is 1. The quantitative estimate of drug-likeness (QED) is 0.731. The fraction of sp³-hybridized carbons (Fsp3) is 0.833. The molecule has 1 aromatic rings. The van der Waals surface area contributed by atoms with Gasteiger partial charge in [-0.15, -0.1) is 10.2 Å². The van der Waals surface area contributed by atoms with Crippen LogP contribution < -0.4 is 5.32 Å².